The van der Waals surface area contributed by atoms with Gasteiger partial charge in [-0.3, -0.25) is 9.59 Å². The Morgan fingerprint density at radius 3 is 2.62 bits per heavy atom. The molecule has 2 N–H and O–H groups in total. The summed E-state index contributed by atoms with van der Waals surface area (Å²) in [5, 5.41) is 11.7. The van der Waals surface area contributed by atoms with Gasteiger partial charge in [0.2, 0.25) is 5.91 Å². The first-order chi connectivity index (χ1) is 11.4. The maximum Gasteiger partial charge on any atom is 0.307 e. The van der Waals surface area contributed by atoms with Gasteiger partial charge in [0.25, 0.3) is 0 Å². The molecule has 2 rings (SSSR count). The molecule has 2 aromatic rings. The van der Waals surface area contributed by atoms with E-state index in [0.717, 1.165) is 5.56 Å². The summed E-state index contributed by atoms with van der Waals surface area (Å²) in [5.41, 5.74) is 1.93. The summed E-state index contributed by atoms with van der Waals surface area (Å²) in [6.45, 7) is 1.92. The van der Waals surface area contributed by atoms with Crippen molar-refractivity contribution >= 4 is 17.6 Å². The molecule has 0 fully saturated rings. The third-order valence-corrected chi connectivity index (χ3v) is 3.64. The Bertz CT molecular complexity index is 730. The summed E-state index contributed by atoms with van der Waals surface area (Å²) < 4.78 is 13.2. The molecule has 0 bridgehead atoms. The van der Waals surface area contributed by atoms with Crippen LogP contribution >= 0.6 is 0 Å². The minimum Gasteiger partial charge on any atom is -0.481 e. The van der Waals surface area contributed by atoms with Crippen molar-refractivity contribution in [1.82, 2.24) is 0 Å². The van der Waals surface area contributed by atoms with Crippen LogP contribution < -0.4 is 5.32 Å². The lowest BCUT2D eigenvalue weighted by atomic mass is 9.97. The number of rotatable bonds is 7. The van der Waals surface area contributed by atoms with Crippen LogP contribution in [0.15, 0.2) is 48.5 Å². The van der Waals surface area contributed by atoms with E-state index < -0.39 is 5.97 Å². The average Bonchev–Trinajstić information content (AvgIpc) is 2.48. The van der Waals surface area contributed by atoms with Gasteiger partial charge in [-0.2, -0.15) is 0 Å². The summed E-state index contributed by atoms with van der Waals surface area (Å²) in [6, 6.07) is 13.2. The van der Waals surface area contributed by atoms with Gasteiger partial charge in [-0.1, -0.05) is 37.3 Å². The highest BCUT2D eigenvalue weighted by molar-refractivity contribution is 5.92. The van der Waals surface area contributed by atoms with Crippen LogP contribution in [-0.2, 0) is 22.4 Å². The first-order valence-electron chi connectivity index (χ1n) is 7.78. The number of hydrogen-bond donors (Lipinski definition) is 2. The SMILES string of the molecule is CC(CC(=O)Nc1ccccc1CC(=O)O)Cc1cccc(F)c1. The molecule has 0 aromatic heterocycles. The normalized spacial score (nSPS) is 11.8. The van der Waals surface area contributed by atoms with E-state index in [9.17, 15) is 14.0 Å². The minimum atomic E-state index is -0.948. The molecule has 0 heterocycles. The fourth-order valence-corrected chi connectivity index (χ4v) is 2.62. The molecule has 4 nitrogen and oxygen atoms in total. The van der Waals surface area contributed by atoms with Gasteiger partial charge in [0.15, 0.2) is 0 Å². The fraction of sp³-hybridized carbons (Fsp3) is 0.263. The highest BCUT2D eigenvalue weighted by Gasteiger charge is 2.13. The second-order valence-electron chi connectivity index (χ2n) is 5.92. The second kappa shape index (κ2) is 8.24. The Morgan fingerprint density at radius 2 is 1.92 bits per heavy atom. The van der Waals surface area contributed by atoms with Crippen molar-refractivity contribution in [2.24, 2.45) is 5.92 Å². The van der Waals surface area contributed by atoms with Crippen LogP contribution in [-0.4, -0.2) is 17.0 Å². The Morgan fingerprint density at radius 1 is 1.17 bits per heavy atom. The quantitative estimate of drug-likeness (QED) is 0.814. The molecule has 0 saturated heterocycles. The lowest BCUT2D eigenvalue weighted by molar-refractivity contribution is -0.136. The van der Waals surface area contributed by atoms with Crippen molar-refractivity contribution in [2.75, 3.05) is 5.32 Å². The van der Waals surface area contributed by atoms with E-state index in [1.165, 1.54) is 12.1 Å². The molecule has 1 amide bonds. The molecule has 1 unspecified atom stereocenters. The van der Waals surface area contributed by atoms with E-state index >= 15 is 0 Å². The van der Waals surface area contributed by atoms with Crippen molar-refractivity contribution in [3.63, 3.8) is 0 Å². The summed E-state index contributed by atoms with van der Waals surface area (Å²) >= 11 is 0. The number of carboxylic acid groups (broad SMARTS) is 1. The van der Waals surface area contributed by atoms with E-state index in [0.29, 0.717) is 17.7 Å². The number of benzene rings is 2. The Labute approximate surface area is 140 Å². The topological polar surface area (TPSA) is 66.4 Å². The zero-order chi connectivity index (χ0) is 17.5. The fourth-order valence-electron chi connectivity index (χ4n) is 2.62. The van der Waals surface area contributed by atoms with Crippen LogP contribution in [0.25, 0.3) is 0 Å². The number of carboxylic acids is 1. The monoisotopic (exact) mass is 329 g/mol. The molecule has 0 aliphatic heterocycles. The van der Waals surface area contributed by atoms with Gasteiger partial charge in [0.1, 0.15) is 5.82 Å². The summed E-state index contributed by atoms with van der Waals surface area (Å²) in [6.07, 6.45) is 0.731. The van der Waals surface area contributed by atoms with Gasteiger partial charge in [-0.15, -0.1) is 0 Å². The number of amides is 1. The number of carbonyl (C=O) groups is 2. The molecule has 24 heavy (non-hydrogen) atoms. The molecule has 0 aliphatic carbocycles. The smallest absolute Gasteiger partial charge is 0.307 e. The number of hydrogen-bond acceptors (Lipinski definition) is 2. The van der Waals surface area contributed by atoms with Crippen LogP contribution in [0.3, 0.4) is 0 Å². The number of halogens is 1. The van der Waals surface area contributed by atoms with E-state index in [-0.39, 0.29) is 30.5 Å². The number of carbonyl (C=O) groups excluding carboxylic acids is 1. The molecule has 5 heteroatoms. The third-order valence-electron chi connectivity index (χ3n) is 3.64. The van der Waals surface area contributed by atoms with E-state index in [4.69, 9.17) is 5.11 Å². The van der Waals surface area contributed by atoms with Gasteiger partial charge in [0.05, 0.1) is 6.42 Å². The van der Waals surface area contributed by atoms with Crippen molar-refractivity contribution in [2.45, 2.75) is 26.2 Å². The average molecular weight is 329 g/mol. The van der Waals surface area contributed by atoms with Crippen molar-refractivity contribution in [3.8, 4) is 0 Å². The zero-order valence-corrected chi connectivity index (χ0v) is 13.5. The van der Waals surface area contributed by atoms with Crippen LogP contribution in [0.5, 0.6) is 0 Å². The number of anilines is 1. The molecule has 2 aromatic carbocycles. The van der Waals surface area contributed by atoms with Gasteiger partial charge in [0, 0.05) is 12.1 Å². The van der Waals surface area contributed by atoms with Crippen molar-refractivity contribution < 1.29 is 19.1 Å². The zero-order valence-electron chi connectivity index (χ0n) is 13.5. The molecular formula is C19H20FNO3. The molecule has 0 saturated carbocycles. The predicted octanol–water partition coefficient (Wildman–Crippen LogP) is 3.66. The lowest BCUT2D eigenvalue weighted by Crippen LogP contribution is -2.17. The Hall–Kier alpha value is -2.69. The van der Waals surface area contributed by atoms with Gasteiger partial charge >= 0.3 is 5.97 Å². The van der Waals surface area contributed by atoms with Crippen molar-refractivity contribution in [3.05, 3.63) is 65.5 Å². The molecule has 0 radical (unpaired) electrons. The molecule has 1 atom stereocenters. The summed E-state index contributed by atoms with van der Waals surface area (Å²) in [5.74, 6) is -1.38. The molecule has 126 valence electrons. The summed E-state index contributed by atoms with van der Waals surface area (Å²) in [4.78, 5) is 23.1. The third kappa shape index (κ3) is 5.50. The van der Waals surface area contributed by atoms with Crippen LogP contribution in [0.1, 0.15) is 24.5 Å². The highest BCUT2D eigenvalue weighted by atomic mass is 19.1. The maximum absolute atomic E-state index is 13.2. The molecule has 0 spiro atoms. The van der Waals surface area contributed by atoms with Crippen LogP contribution in [0.4, 0.5) is 10.1 Å². The summed E-state index contributed by atoms with van der Waals surface area (Å²) in [7, 11) is 0. The number of para-hydroxylation sites is 1. The van der Waals surface area contributed by atoms with Crippen LogP contribution in [0, 0.1) is 11.7 Å². The number of nitrogens with one attached hydrogen (secondary N) is 1. The molecule has 0 aliphatic rings. The van der Waals surface area contributed by atoms with E-state index in [1.807, 2.05) is 13.0 Å². The van der Waals surface area contributed by atoms with E-state index in [2.05, 4.69) is 5.32 Å². The van der Waals surface area contributed by atoms with Gasteiger partial charge < -0.3 is 10.4 Å². The first-order valence-corrected chi connectivity index (χ1v) is 7.78. The maximum atomic E-state index is 13.2. The largest absolute Gasteiger partial charge is 0.481 e. The first kappa shape index (κ1) is 17.7. The van der Waals surface area contributed by atoms with E-state index in [1.54, 1.807) is 30.3 Å². The predicted molar refractivity (Wildman–Crippen MR) is 90.3 cm³/mol. The van der Waals surface area contributed by atoms with Crippen LogP contribution in [0.2, 0.25) is 0 Å². The second-order valence-corrected chi connectivity index (χ2v) is 5.92. The Balaban J connectivity index is 1.94. The van der Waals surface area contributed by atoms with Gasteiger partial charge in [-0.25, -0.2) is 4.39 Å². The van der Waals surface area contributed by atoms with Gasteiger partial charge in [-0.05, 0) is 41.7 Å². The molecular weight excluding hydrogens is 309 g/mol. The Kier molecular flexibility index (Phi) is 6.07. The number of aliphatic carboxylic acids is 1. The minimum absolute atomic E-state index is 0.0402. The lowest BCUT2D eigenvalue weighted by Gasteiger charge is -2.13. The standard InChI is InChI=1S/C19H20FNO3/c1-13(9-14-5-4-7-16(20)11-14)10-18(22)21-17-8-3-2-6-15(17)12-19(23)24/h2-8,11,13H,9-10,12H2,1H3,(H,21,22)(H,23,24). The highest BCUT2D eigenvalue weighted by Crippen LogP contribution is 2.18. The van der Waals surface area contributed by atoms with Crippen molar-refractivity contribution in [1.29, 1.82) is 0 Å².